The number of nitrogens with zero attached hydrogens (tertiary/aromatic N) is 4. The summed E-state index contributed by atoms with van der Waals surface area (Å²) in [6, 6.07) is 0. The highest BCUT2D eigenvalue weighted by atomic mass is 32.2. The Morgan fingerprint density at radius 2 is 2.44 bits per heavy atom. The zero-order valence-electron chi connectivity index (χ0n) is 8.20. The molecule has 1 aliphatic rings. The molecule has 16 heavy (non-hydrogen) atoms. The Bertz CT molecular complexity index is 470. The quantitative estimate of drug-likeness (QED) is 0.763. The summed E-state index contributed by atoms with van der Waals surface area (Å²) in [5.74, 6) is 2.74. The van der Waals surface area contributed by atoms with E-state index < -0.39 is 6.10 Å². The molecule has 2 atom stereocenters. The Balaban J connectivity index is 1.88. The van der Waals surface area contributed by atoms with Crippen molar-refractivity contribution in [2.45, 2.75) is 12.0 Å². The molecule has 2 N–H and O–H groups in total. The number of hydrogen-bond donors (Lipinski definition) is 2. The molecule has 8 heteroatoms. The van der Waals surface area contributed by atoms with Gasteiger partial charge in [-0.15, -0.1) is 0 Å². The van der Waals surface area contributed by atoms with Gasteiger partial charge in [0.2, 0.25) is 11.7 Å². The molecule has 2 aromatic rings. The van der Waals surface area contributed by atoms with Crippen molar-refractivity contribution in [1.29, 1.82) is 0 Å². The lowest BCUT2D eigenvalue weighted by atomic mass is 10.1. The van der Waals surface area contributed by atoms with Gasteiger partial charge in [0.15, 0.2) is 5.82 Å². The molecule has 0 radical (unpaired) electrons. The molecule has 1 saturated heterocycles. The first-order chi connectivity index (χ1) is 7.84. The monoisotopic (exact) mass is 239 g/mol. The van der Waals surface area contributed by atoms with Crippen LogP contribution in [0.15, 0.2) is 10.9 Å². The van der Waals surface area contributed by atoms with Gasteiger partial charge in [0.1, 0.15) is 6.33 Å². The summed E-state index contributed by atoms with van der Waals surface area (Å²) in [6.45, 7) is 0. The predicted molar refractivity (Wildman–Crippen MR) is 55.7 cm³/mol. The Kier molecular flexibility index (Phi) is 2.37. The minimum Gasteiger partial charge on any atom is -0.391 e. The van der Waals surface area contributed by atoms with E-state index in [1.165, 1.54) is 6.33 Å². The van der Waals surface area contributed by atoms with Gasteiger partial charge >= 0.3 is 0 Å². The second-order valence-electron chi connectivity index (χ2n) is 3.50. The van der Waals surface area contributed by atoms with Crippen LogP contribution in [0.25, 0.3) is 11.6 Å². The number of rotatable bonds is 2. The molecule has 2 unspecified atom stereocenters. The van der Waals surface area contributed by atoms with Crippen LogP contribution >= 0.6 is 11.8 Å². The first kappa shape index (κ1) is 9.79. The molecule has 0 bridgehead atoms. The molecule has 0 saturated carbocycles. The van der Waals surface area contributed by atoms with E-state index in [0.29, 0.717) is 23.3 Å². The molecular formula is C8H9N5O2S. The molecule has 0 aromatic carbocycles. The number of aliphatic hydroxyl groups is 1. The van der Waals surface area contributed by atoms with Gasteiger partial charge in [0.25, 0.3) is 0 Å². The summed E-state index contributed by atoms with van der Waals surface area (Å²) in [5.41, 5.74) is 0. The minimum atomic E-state index is -0.409. The van der Waals surface area contributed by atoms with E-state index in [0.717, 1.165) is 5.75 Å². The number of thioether (sulfide) groups is 1. The zero-order valence-corrected chi connectivity index (χ0v) is 9.02. The molecule has 84 valence electrons. The van der Waals surface area contributed by atoms with Gasteiger partial charge in [-0.1, -0.05) is 5.16 Å². The van der Waals surface area contributed by atoms with Crippen LogP contribution in [0.4, 0.5) is 0 Å². The van der Waals surface area contributed by atoms with Crippen LogP contribution in [-0.4, -0.2) is 48.0 Å². The van der Waals surface area contributed by atoms with Gasteiger partial charge in [0, 0.05) is 11.5 Å². The molecule has 0 spiro atoms. The molecule has 0 aliphatic carbocycles. The summed E-state index contributed by atoms with van der Waals surface area (Å²) >= 11 is 1.68. The summed E-state index contributed by atoms with van der Waals surface area (Å²) in [4.78, 5) is 8.13. The number of aliphatic hydroxyl groups excluding tert-OH is 1. The highest BCUT2D eigenvalue weighted by molar-refractivity contribution is 7.99. The van der Waals surface area contributed by atoms with Crippen LogP contribution in [0.3, 0.4) is 0 Å². The molecule has 1 aliphatic heterocycles. The lowest BCUT2D eigenvalue weighted by Gasteiger charge is -2.06. The van der Waals surface area contributed by atoms with E-state index >= 15 is 0 Å². The largest absolute Gasteiger partial charge is 0.391 e. The third-order valence-electron chi connectivity index (χ3n) is 2.44. The third-order valence-corrected chi connectivity index (χ3v) is 3.61. The van der Waals surface area contributed by atoms with Crippen molar-refractivity contribution in [3.63, 3.8) is 0 Å². The molecule has 3 heterocycles. The topological polar surface area (TPSA) is 101 Å². The first-order valence-electron chi connectivity index (χ1n) is 4.80. The number of H-pyrrole nitrogens is 1. The van der Waals surface area contributed by atoms with Gasteiger partial charge in [-0.05, 0) is 0 Å². The van der Waals surface area contributed by atoms with Crippen molar-refractivity contribution in [2.75, 3.05) is 11.5 Å². The number of hydrogen-bond acceptors (Lipinski definition) is 7. The first-order valence-corrected chi connectivity index (χ1v) is 5.95. The lowest BCUT2D eigenvalue weighted by Crippen LogP contribution is -2.15. The van der Waals surface area contributed by atoms with Crippen LogP contribution in [0.5, 0.6) is 0 Å². The van der Waals surface area contributed by atoms with E-state index in [1.54, 1.807) is 11.8 Å². The highest BCUT2D eigenvalue weighted by Gasteiger charge is 2.32. The maximum atomic E-state index is 9.70. The van der Waals surface area contributed by atoms with E-state index in [9.17, 15) is 5.11 Å². The number of nitrogens with one attached hydrogen (secondary N) is 1. The molecule has 2 aromatic heterocycles. The smallest absolute Gasteiger partial charge is 0.239 e. The molecule has 0 amide bonds. The predicted octanol–water partition coefficient (Wildman–Crippen LogP) is 0.0460. The van der Waals surface area contributed by atoms with Crippen molar-refractivity contribution in [1.82, 2.24) is 25.3 Å². The fourth-order valence-corrected chi connectivity index (χ4v) is 2.80. The van der Waals surface area contributed by atoms with Crippen molar-refractivity contribution in [2.24, 2.45) is 0 Å². The standard InChI is InChI=1S/C8H9N5O2S/c14-5-2-16-1-4(5)8-11-7(13-15-8)6-9-3-10-12-6/h3-5,14H,1-2H2,(H,9,10,12). The summed E-state index contributed by atoms with van der Waals surface area (Å²) < 4.78 is 5.12. The fraction of sp³-hybridized carbons (Fsp3) is 0.500. The van der Waals surface area contributed by atoms with Crippen LogP contribution in [0.2, 0.25) is 0 Å². The third kappa shape index (κ3) is 1.59. The number of aromatic nitrogens is 5. The van der Waals surface area contributed by atoms with Crippen molar-refractivity contribution < 1.29 is 9.63 Å². The van der Waals surface area contributed by atoms with Crippen LogP contribution < -0.4 is 0 Å². The number of aromatic amines is 1. The van der Waals surface area contributed by atoms with Gasteiger partial charge in [-0.3, -0.25) is 5.10 Å². The second-order valence-corrected chi connectivity index (χ2v) is 4.58. The summed E-state index contributed by atoms with van der Waals surface area (Å²) in [5, 5.41) is 19.9. The molecule has 7 nitrogen and oxygen atoms in total. The van der Waals surface area contributed by atoms with Gasteiger partial charge in [-0.25, -0.2) is 4.98 Å². The maximum absolute atomic E-state index is 9.70. The average molecular weight is 239 g/mol. The van der Waals surface area contributed by atoms with Crippen LogP contribution in [-0.2, 0) is 0 Å². The van der Waals surface area contributed by atoms with E-state index in [-0.39, 0.29) is 5.92 Å². The summed E-state index contributed by atoms with van der Waals surface area (Å²) in [6.07, 6.45) is 0.971. The Labute approximate surface area is 94.7 Å². The van der Waals surface area contributed by atoms with E-state index in [1.807, 2.05) is 0 Å². The fourth-order valence-electron chi connectivity index (χ4n) is 1.57. The Morgan fingerprint density at radius 3 is 3.12 bits per heavy atom. The molecule has 3 rings (SSSR count). The van der Waals surface area contributed by atoms with Crippen LogP contribution in [0, 0.1) is 0 Å². The van der Waals surface area contributed by atoms with E-state index in [4.69, 9.17) is 4.52 Å². The SMILES string of the molecule is OC1CSCC1c1nc(-c2ncn[nH]2)no1. The van der Waals surface area contributed by atoms with Gasteiger partial charge in [0.05, 0.1) is 12.0 Å². The highest BCUT2D eigenvalue weighted by Crippen LogP contribution is 2.32. The van der Waals surface area contributed by atoms with Gasteiger partial charge < -0.3 is 9.63 Å². The molecule has 1 fully saturated rings. The Hall–Kier alpha value is -1.41. The van der Waals surface area contributed by atoms with Crippen molar-refractivity contribution >= 4 is 11.8 Å². The normalized spacial score (nSPS) is 25.1. The average Bonchev–Trinajstić information content (AvgIpc) is 2.96. The maximum Gasteiger partial charge on any atom is 0.239 e. The summed E-state index contributed by atoms with van der Waals surface area (Å²) in [7, 11) is 0. The second kappa shape index (κ2) is 3.87. The lowest BCUT2D eigenvalue weighted by molar-refractivity contribution is 0.164. The van der Waals surface area contributed by atoms with Gasteiger partial charge in [-0.2, -0.15) is 21.8 Å². The van der Waals surface area contributed by atoms with Crippen LogP contribution in [0.1, 0.15) is 11.8 Å². The molecular weight excluding hydrogens is 230 g/mol. The van der Waals surface area contributed by atoms with Crippen molar-refractivity contribution in [3.8, 4) is 11.6 Å². The van der Waals surface area contributed by atoms with E-state index in [2.05, 4.69) is 25.3 Å². The minimum absolute atomic E-state index is 0.0748. The van der Waals surface area contributed by atoms with Crippen molar-refractivity contribution in [3.05, 3.63) is 12.2 Å². The Morgan fingerprint density at radius 1 is 1.50 bits per heavy atom. The zero-order chi connectivity index (χ0) is 11.0.